The highest BCUT2D eigenvalue weighted by Gasteiger charge is 2.28. The van der Waals surface area contributed by atoms with E-state index in [2.05, 4.69) is 15.9 Å². The van der Waals surface area contributed by atoms with Gasteiger partial charge >= 0.3 is 12.2 Å². The highest BCUT2D eigenvalue weighted by molar-refractivity contribution is 9.10. The van der Waals surface area contributed by atoms with E-state index in [1.807, 2.05) is 11.4 Å². The van der Waals surface area contributed by atoms with Crippen molar-refractivity contribution >= 4 is 33.3 Å². The number of hydrogen-bond acceptors (Lipinski definition) is 2. The molecule has 1 N–H and O–H groups in total. The molecule has 0 bridgehead atoms. The molecule has 1 heterocycles. The molecule has 96 valence electrons. The van der Waals surface area contributed by atoms with E-state index in [-0.39, 0.29) is 6.54 Å². The molecular formula is C9H10BrF3N2OS. The zero-order valence-electron chi connectivity index (χ0n) is 8.84. The maximum absolute atomic E-state index is 11.9. The number of halogens is 4. The smallest absolute Gasteiger partial charge is 0.329 e. The van der Waals surface area contributed by atoms with E-state index in [9.17, 15) is 18.0 Å². The van der Waals surface area contributed by atoms with Crippen molar-refractivity contribution in [3.05, 3.63) is 20.8 Å². The Morgan fingerprint density at radius 3 is 2.71 bits per heavy atom. The molecule has 3 nitrogen and oxygen atoms in total. The number of carbonyl (C=O) groups excluding carboxylic acids is 1. The molecule has 0 saturated carbocycles. The van der Waals surface area contributed by atoms with E-state index in [1.165, 1.54) is 23.3 Å². The number of carbonyl (C=O) groups is 1. The predicted molar refractivity (Wildman–Crippen MR) is 62.9 cm³/mol. The molecule has 17 heavy (non-hydrogen) atoms. The minimum Gasteiger partial charge on any atom is -0.329 e. The van der Waals surface area contributed by atoms with E-state index < -0.39 is 18.8 Å². The Morgan fingerprint density at radius 1 is 1.59 bits per heavy atom. The second kappa shape index (κ2) is 5.72. The van der Waals surface area contributed by atoms with Crippen LogP contribution in [-0.2, 0) is 6.54 Å². The second-order valence-electron chi connectivity index (χ2n) is 3.36. The van der Waals surface area contributed by atoms with Gasteiger partial charge in [0, 0.05) is 21.8 Å². The molecule has 2 amide bonds. The lowest BCUT2D eigenvalue weighted by molar-refractivity contribution is -0.123. The average molecular weight is 331 g/mol. The molecule has 0 radical (unpaired) electrons. The fourth-order valence-corrected chi connectivity index (χ4v) is 2.56. The molecule has 0 aliphatic carbocycles. The third-order valence-corrected chi connectivity index (χ3v) is 3.48. The van der Waals surface area contributed by atoms with Gasteiger partial charge in [0.25, 0.3) is 0 Å². The van der Waals surface area contributed by atoms with Crippen LogP contribution in [0.4, 0.5) is 18.0 Å². The van der Waals surface area contributed by atoms with Gasteiger partial charge in [0.15, 0.2) is 0 Å². The van der Waals surface area contributed by atoms with Crippen LogP contribution >= 0.6 is 27.3 Å². The summed E-state index contributed by atoms with van der Waals surface area (Å²) in [5.41, 5.74) is 0. The van der Waals surface area contributed by atoms with Crippen molar-refractivity contribution in [3.63, 3.8) is 0 Å². The number of alkyl halides is 3. The maximum Gasteiger partial charge on any atom is 0.405 e. The zero-order valence-corrected chi connectivity index (χ0v) is 11.2. The molecule has 0 aromatic carbocycles. The van der Waals surface area contributed by atoms with Crippen molar-refractivity contribution in [1.29, 1.82) is 0 Å². The minimum absolute atomic E-state index is 0.278. The number of nitrogens with zero attached hydrogens (tertiary/aromatic N) is 1. The van der Waals surface area contributed by atoms with E-state index in [1.54, 1.807) is 5.32 Å². The monoisotopic (exact) mass is 330 g/mol. The van der Waals surface area contributed by atoms with Crippen molar-refractivity contribution in [3.8, 4) is 0 Å². The molecule has 0 fully saturated rings. The Labute approximate surface area is 109 Å². The van der Waals surface area contributed by atoms with Crippen LogP contribution in [0.1, 0.15) is 4.88 Å². The van der Waals surface area contributed by atoms with Crippen LogP contribution in [0.2, 0.25) is 0 Å². The third-order valence-electron chi connectivity index (χ3n) is 1.80. The molecule has 1 rings (SSSR count). The van der Waals surface area contributed by atoms with Gasteiger partial charge in [0.05, 0.1) is 6.54 Å². The summed E-state index contributed by atoms with van der Waals surface area (Å²) in [7, 11) is 1.44. The Kier molecular flexibility index (Phi) is 4.81. The van der Waals surface area contributed by atoms with Gasteiger partial charge in [-0.15, -0.1) is 11.3 Å². The summed E-state index contributed by atoms with van der Waals surface area (Å²) in [5.74, 6) is 0. The minimum atomic E-state index is -4.39. The number of nitrogens with one attached hydrogen (secondary N) is 1. The summed E-state index contributed by atoms with van der Waals surface area (Å²) in [6.07, 6.45) is -4.39. The topological polar surface area (TPSA) is 32.3 Å². The van der Waals surface area contributed by atoms with Crippen molar-refractivity contribution in [2.75, 3.05) is 13.6 Å². The van der Waals surface area contributed by atoms with Gasteiger partial charge in [-0.1, -0.05) is 0 Å². The number of urea groups is 1. The zero-order chi connectivity index (χ0) is 13.1. The van der Waals surface area contributed by atoms with Gasteiger partial charge < -0.3 is 10.2 Å². The highest BCUT2D eigenvalue weighted by atomic mass is 79.9. The molecule has 1 aromatic heterocycles. The predicted octanol–water partition coefficient (Wildman–Crippen LogP) is 3.21. The Bertz CT molecular complexity index is 394. The quantitative estimate of drug-likeness (QED) is 0.906. The van der Waals surface area contributed by atoms with Crippen LogP contribution in [0, 0.1) is 0 Å². The van der Waals surface area contributed by atoms with E-state index in [0.717, 1.165) is 9.35 Å². The van der Waals surface area contributed by atoms with Gasteiger partial charge in [-0.25, -0.2) is 4.79 Å². The SMILES string of the molecule is CN(Cc1cc(Br)cs1)C(=O)NCC(F)(F)F. The van der Waals surface area contributed by atoms with E-state index in [0.29, 0.717) is 0 Å². The first-order valence-electron chi connectivity index (χ1n) is 4.56. The first-order valence-corrected chi connectivity index (χ1v) is 6.24. The van der Waals surface area contributed by atoms with Crippen LogP contribution in [0.25, 0.3) is 0 Å². The Morgan fingerprint density at radius 2 is 2.24 bits per heavy atom. The highest BCUT2D eigenvalue weighted by Crippen LogP contribution is 2.20. The fraction of sp³-hybridized carbons (Fsp3) is 0.444. The van der Waals surface area contributed by atoms with E-state index in [4.69, 9.17) is 0 Å². The second-order valence-corrected chi connectivity index (χ2v) is 5.27. The lowest BCUT2D eigenvalue weighted by Gasteiger charge is -2.17. The van der Waals surface area contributed by atoms with Crippen molar-refractivity contribution < 1.29 is 18.0 Å². The van der Waals surface area contributed by atoms with Crippen LogP contribution < -0.4 is 5.32 Å². The standard InChI is InChI=1S/C9H10BrF3N2OS/c1-15(3-7-2-6(10)4-17-7)8(16)14-5-9(11,12)13/h2,4H,3,5H2,1H3,(H,14,16). The van der Waals surface area contributed by atoms with E-state index >= 15 is 0 Å². The number of amides is 2. The summed E-state index contributed by atoms with van der Waals surface area (Å²) < 4.78 is 36.5. The number of hydrogen-bond donors (Lipinski definition) is 1. The molecule has 0 atom stereocenters. The fourth-order valence-electron chi connectivity index (χ4n) is 1.05. The van der Waals surface area contributed by atoms with Gasteiger partial charge in [-0.2, -0.15) is 13.2 Å². The third kappa shape index (κ3) is 5.40. The summed E-state index contributed by atoms with van der Waals surface area (Å²) in [6.45, 7) is -1.04. The molecule has 0 aliphatic heterocycles. The lowest BCUT2D eigenvalue weighted by atomic mass is 10.4. The van der Waals surface area contributed by atoms with Crippen molar-refractivity contribution in [2.45, 2.75) is 12.7 Å². The lowest BCUT2D eigenvalue weighted by Crippen LogP contribution is -2.41. The first-order chi connectivity index (χ1) is 7.78. The van der Waals surface area contributed by atoms with Gasteiger partial charge in [0.2, 0.25) is 0 Å². The summed E-state index contributed by atoms with van der Waals surface area (Å²) >= 11 is 4.69. The summed E-state index contributed by atoms with van der Waals surface area (Å²) in [4.78, 5) is 13.4. The van der Waals surface area contributed by atoms with Crippen molar-refractivity contribution in [1.82, 2.24) is 10.2 Å². The summed E-state index contributed by atoms with van der Waals surface area (Å²) in [5, 5.41) is 3.65. The Hall–Kier alpha value is -0.760. The summed E-state index contributed by atoms with van der Waals surface area (Å²) in [6, 6.07) is 1.07. The largest absolute Gasteiger partial charge is 0.405 e. The molecule has 0 spiro atoms. The maximum atomic E-state index is 11.9. The number of thiophene rings is 1. The van der Waals surface area contributed by atoms with Gasteiger partial charge in [0.1, 0.15) is 6.54 Å². The van der Waals surface area contributed by atoms with Crippen molar-refractivity contribution in [2.24, 2.45) is 0 Å². The Balaban J connectivity index is 2.42. The van der Waals surface area contributed by atoms with Crippen LogP contribution in [-0.4, -0.2) is 30.7 Å². The van der Waals surface area contributed by atoms with Gasteiger partial charge in [-0.3, -0.25) is 0 Å². The normalized spacial score (nSPS) is 11.4. The van der Waals surface area contributed by atoms with Gasteiger partial charge in [-0.05, 0) is 22.0 Å². The van der Waals surface area contributed by atoms with Crippen LogP contribution in [0.3, 0.4) is 0 Å². The first kappa shape index (κ1) is 14.3. The molecule has 1 aromatic rings. The van der Waals surface area contributed by atoms with Crippen LogP contribution in [0.15, 0.2) is 15.9 Å². The number of rotatable bonds is 3. The molecule has 0 saturated heterocycles. The van der Waals surface area contributed by atoms with Crippen LogP contribution in [0.5, 0.6) is 0 Å². The average Bonchev–Trinajstić information content (AvgIpc) is 2.59. The molecular weight excluding hydrogens is 321 g/mol. The molecule has 8 heteroatoms. The molecule has 0 unspecified atom stereocenters. The molecule has 0 aliphatic rings.